The van der Waals surface area contributed by atoms with E-state index >= 15 is 0 Å². The molecule has 0 amide bonds. The van der Waals surface area contributed by atoms with Crippen LogP contribution in [0.3, 0.4) is 0 Å². The molecule has 1 aromatic rings. The second kappa shape index (κ2) is 2.90. The van der Waals surface area contributed by atoms with Crippen LogP contribution in [0.15, 0.2) is 6.33 Å². The third-order valence-electron chi connectivity index (χ3n) is 1.64. The molecule has 5 heteroatoms. The lowest BCUT2D eigenvalue weighted by atomic mass is 11.1. The van der Waals surface area contributed by atoms with Gasteiger partial charge in [0, 0.05) is 11.5 Å². The van der Waals surface area contributed by atoms with Gasteiger partial charge in [0.15, 0.2) is 5.13 Å². The van der Waals surface area contributed by atoms with Crippen LogP contribution in [0.2, 0.25) is 19.6 Å². The van der Waals surface area contributed by atoms with Gasteiger partial charge in [-0.1, -0.05) is 19.6 Å². The quantitative estimate of drug-likeness (QED) is 0.661. The van der Waals surface area contributed by atoms with Crippen molar-refractivity contribution >= 4 is 24.9 Å². The standard InChI is InChI=1S/C6H13N3SSi/c1-9(11(2,3)4)6-7-5-8-10-6/h5H,1-4H3. The lowest BCUT2D eigenvalue weighted by molar-refractivity contribution is 1.19. The summed E-state index contributed by atoms with van der Waals surface area (Å²) in [5.41, 5.74) is 0. The molecule has 62 valence electrons. The van der Waals surface area contributed by atoms with Crippen molar-refractivity contribution < 1.29 is 0 Å². The largest absolute Gasteiger partial charge is 0.377 e. The molecule has 11 heavy (non-hydrogen) atoms. The van der Waals surface area contributed by atoms with Crippen molar-refractivity contribution in [2.45, 2.75) is 19.6 Å². The van der Waals surface area contributed by atoms with E-state index in [2.05, 4.69) is 40.6 Å². The summed E-state index contributed by atoms with van der Waals surface area (Å²) in [5, 5.41) is 1.03. The fourth-order valence-corrected chi connectivity index (χ4v) is 2.58. The average Bonchev–Trinajstić information content (AvgIpc) is 2.34. The summed E-state index contributed by atoms with van der Waals surface area (Å²) in [6.45, 7) is 6.86. The molecule has 0 atom stereocenters. The number of anilines is 1. The molecular formula is C6H13N3SSi. The van der Waals surface area contributed by atoms with Crippen LogP contribution in [0.25, 0.3) is 0 Å². The molecule has 0 spiro atoms. The van der Waals surface area contributed by atoms with Crippen molar-refractivity contribution in [1.82, 2.24) is 9.36 Å². The van der Waals surface area contributed by atoms with Gasteiger partial charge >= 0.3 is 0 Å². The summed E-state index contributed by atoms with van der Waals surface area (Å²) in [4.78, 5) is 4.15. The first-order valence-corrected chi connectivity index (χ1v) is 7.74. The lowest BCUT2D eigenvalue weighted by Crippen LogP contribution is -2.43. The molecule has 1 heterocycles. The summed E-state index contributed by atoms with van der Waals surface area (Å²) in [6, 6.07) is 0. The Kier molecular flexibility index (Phi) is 2.29. The van der Waals surface area contributed by atoms with Crippen LogP contribution in [0, 0.1) is 0 Å². The zero-order valence-electron chi connectivity index (χ0n) is 7.33. The third-order valence-corrected chi connectivity index (χ3v) is 4.77. The summed E-state index contributed by atoms with van der Waals surface area (Å²) in [7, 11) is 0.866. The van der Waals surface area contributed by atoms with Crippen LogP contribution in [0.1, 0.15) is 0 Å². The minimum Gasteiger partial charge on any atom is -0.377 e. The minimum atomic E-state index is -1.22. The van der Waals surface area contributed by atoms with Crippen LogP contribution in [0.4, 0.5) is 5.13 Å². The zero-order chi connectivity index (χ0) is 8.48. The predicted octanol–water partition coefficient (Wildman–Crippen LogP) is 1.81. The Morgan fingerprint density at radius 1 is 1.45 bits per heavy atom. The number of aromatic nitrogens is 2. The first-order chi connectivity index (χ1) is 5.02. The second-order valence-corrected chi connectivity index (χ2v) is 9.22. The Morgan fingerprint density at radius 2 is 2.09 bits per heavy atom. The zero-order valence-corrected chi connectivity index (χ0v) is 9.14. The molecule has 0 unspecified atom stereocenters. The van der Waals surface area contributed by atoms with Gasteiger partial charge in [-0.2, -0.15) is 4.37 Å². The molecule has 0 bridgehead atoms. The third kappa shape index (κ3) is 2.00. The van der Waals surface area contributed by atoms with E-state index in [0.717, 1.165) is 5.13 Å². The SMILES string of the molecule is CN(c1ncns1)[Si](C)(C)C. The van der Waals surface area contributed by atoms with Gasteiger partial charge in [0.2, 0.25) is 0 Å². The van der Waals surface area contributed by atoms with Crippen molar-refractivity contribution in [3.8, 4) is 0 Å². The summed E-state index contributed by atoms with van der Waals surface area (Å²) >= 11 is 1.46. The fourth-order valence-electron chi connectivity index (χ4n) is 0.602. The molecule has 1 rings (SSSR count). The van der Waals surface area contributed by atoms with Crippen LogP contribution >= 0.6 is 11.5 Å². The van der Waals surface area contributed by atoms with Crippen molar-refractivity contribution in [3.05, 3.63) is 6.33 Å². The highest BCUT2D eigenvalue weighted by molar-refractivity contribution is 7.10. The highest BCUT2D eigenvalue weighted by atomic mass is 32.1. The Hall–Kier alpha value is -0.423. The first-order valence-electron chi connectivity index (χ1n) is 3.52. The Labute approximate surface area is 72.3 Å². The van der Waals surface area contributed by atoms with E-state index in [9.17, 15) is 0 Å². The molecule has 3 nitrogen and oxygen atoms in total. The van der Waals surface area contributed by atoms with E-state index in [4.69, 9.17) is 0 Å². The molecule has 0 saturated carbocycles. The molecule has 0 aliphatic rings. The van der Waals surface area contributed by atoms with Gasteiger partial charge < -0.3 is 4.57 Å². The average molecular weight is 187 g/mol. The Morgan fingerprint density at radius 3 is 2.45 bits per heavy atom. The van der Waals surface area contributed by atoms with E-state index in [1.54, 1.807) is 6.33 Å². The van der Waals surface area contributed by atoms with E-state index in [1.165, 1.54) is 11.5 Å². The maximum Gasteiger partial charge on any atom is 0.196 e. The van der Waals surface area contributed by atoms with E-state index < -0.39 is 8.24 Å². The first kappa shape index (κ1) is 8.67. The van der Waals surface area contributed by atoms with Gasteiger partial charge in [-0.25, -0.2) is 4.98 Å². The molecule has 0 aliphatic carbocycles. The molecule has 1 aromatic heterocycles. The normalized spacial score (nSPS) is 11.6. The molecule has 0 N–H and O–H groups in total. The lowest BCUT2D eigenvalue weighted by Gasteiger charge is -2.28. The number of hydrogen-bond donors (Lipinski definition) is 0. The number of rotatable bonds is 2. The van der Waals surface area contributed by atoms with Crippen molar-refractivity contribution in [3.63, 3.8) is 0 Å². The smallest absolute Gasteiger partial charge is 0.196 e. The van der Waals surface area contributed by atoms with Crippen LogP contribution in [-0.4, -0.2) is 24.6 Å². The van der Waals surface area contributed by atoms with Crippen molar-refractivity contribution in [2.75, 3.05) is 11.6 Å². The van der Waals surface area contributed by atoms with Gasteiger partial charge in [0.1, 0.15) is 14.6 Å². The fraction of sp³-hybridized carbons (Fsp3) is 0.667. The van der Waals surface area contributed by atoms with Crippen molar-refractivity contribution in [1.29, 1.82) is 0 Å². The van der Waals surface area contributed by atoms with Crippen LogP contribution < -0.4 is 4.57 Å². The molecule has 0 radical (unpaired) electrons. The topological polar surface area (TPSA) is 29.0 Å². The highest BCUT2D eigenvalue weighted by Gasteiger charge is 2.22. The predicted molar refractivity (Wildman–Crippen MR) is 51.7 cm³/mol. The highest BCUT2D eigenvalue weighted by Crippen LogP contribution is 2.19. The summed E-state index contributed by atoms with van der Waals surface area (Å²) in [5.74, 6) is 0. The molecule has 0 saturated heterocycles. The molecule has 0 fully saturated rings. The number of hydrogen-bond acceptors (Lipinski definition) is 4. The second-order valence-electron chi connectivity index (χ2n) is 3.45. The summed E-state index contributed by atoms with van der Waals surface area (Å²) < 4.78 is 6.22. The van der Waals surface area contributed by atoms with E-state index in [1.807, 2.05) is 0 Å². The van der Waals surface area contributed by atoms with Gasteiger partial charge in [0.25, 0.3) is 0 Å². The Bertz CT molecular complexity index is 216. The van der Waals surface area contributed by atoms with Crippen molar-refractivity contribution in [2.24, 2.45) is 0 Å². The van der Waals surface area contributed by atoms with E-state index in [0.29, 0.717) is 0 Å². The monoisotopic (exact) mass is 187 g/mol. The van der Waals surface area contributed by atoms with E-state index in [-0.39, 0.29) is 0 Å². The number of nitrogens with zero attached hydrogens (tertiary/aromatic N) is 3. The van der Waals surface area contributed by atoms with Gasteiger partial charge in [-0.15, -0.1) is 0 Å². The minimum absolute atomic E-state index is 1.03. The molecular weight excluding hydrogens is 174 g/mol. The van der Waals surface area contributed by atoms with Crippen LogP contribution in [-0.2, 0) is 0 Å². The van der Waals surface area contributed by atoms with Gasteiger partial charge in [-0.05, 0) is 7.05 Å². The molecule has 0 aromatic carbocycles. The summed E-state index contributed by atoms with van der Waals surface area (Å²) in [6.07, 6.45) is 1.61. The maximum absolute atomic E-state index is 4.15. The van der Waals surface area contributed by atoms with Crippen LogP contribution in [0.5, 0.6) is 0 Å². The Balaban J connectivity index is 2.78. The maximum atomic E-state index is 4.15. The molecule has 0 aliphatic heterocycles. The van der Waals surface area contributed by atoms with Gasteiger partial charge in [-0.3, -0.25) is 0 Å². The van der Waals surface area contributed by atoms with Gasteiger partial charge in [0.05, 0.1) is 0 Å².